The van der Waals surface area contributed by atoms with Gasteiger partial charge in [-0.15, -0.1) is 16.4 Å². The van der Waals surface area contributed by atoms with Crippen molar-refractivity contribution in [3.63, 3.8) is 0 Å². The molecule has 4 rings (SSSR count). The predicted octanol–water partition coefficient (Wildman–Crippen LogP) is 3.66. The number of rotatable bonds is 3. The van der Waals surface area contributed by atoms with Gasteiger partial charge in [-0.05, 0) is 24.9 Å². The molecule has 0 radical (unpaired) electrons. The molecule has 0 saturated carbocycles. The van der Waals surface area contributed by atoms with Gasteiger partial charge >= 0.3 is 6.01 Å². The first kappa shape index (κ1) is 21.5. The van der Waals surface area contributed by atoms with Crippen molar-refractivity contribution >= 4 is 23.3 Å². The van der Waals surface area contributed by atoms with Gasteiger partial charge < -0.3 is 20.0 Å². The number of piperazine rings is 1. The first-order valence-corrected chi connectivity index (χ1v) is 11.2. The molecule has 1 saturated heterocycles. The molecule has 3 aromatic rings. The van der Waals surface area contributed by atoms with Gasteiger partial charge in [0.2, 0.25) is 5.96 Å². The van der Waals surface area contributed by atoms with Gasteiger partial charge in [0.1, 0.15) is 9.88 Å². The van der Waals surface area contributed by atoms with Crippen LogP contribution in [0.25, 0.3) is 21.3 Å². The monoisotopic (exact) mass is 439 g/mol. The van der Waals surface area contributed by atoms with Gasteiger partial charge in [-0.2, -0.15) is 4.99 Å². The van der Waals surface area contributed by atoms with Crippen LogP contribution in [0.3, 0.4) is 0 Å². The maximum absolute atomic E-state index is 6.15. The Bertz CT molecular complexity index is 1070. The minimum atomic E-state index is 0.120. The predicted molar refractivity (Wildman–Crippen MR) is 125 cm³/mol. The van der Waals surface area contributed by atoms with E-state index >= 15 is 0 Å². The van der Waals surface area contributed by atoms with E-state index in [4.69, 9.17) is 15.1 Å². The second kappa shape index (κ2) is 8.39. The minimum absolute atomic E-state index is 0.120. The summed E-state index contributed by atoms with van der Waals surface area (Å²) in [5.41, 5.74) is 9.49. The number of aryl methyl sites for hydroxylation is 1. The topological polar surface area (TPSA) is 96.7 Å². The molecule has 1 fully saturated rings. The maximum atomic E-state index is 6.15. The standard InChI is InChI=1S/C22H29N7OS/c1-14-17(31-19(24-14)15-6-8-16(9-7-15)22(2,3)4)18-26-27-21(30-18)25-20(23)29-12-10-28(5)11-13-29/h6-9H,10-13H2,1-5H3,(H2,23,25,27). The number of aromatic nitrogens is 3. The van der Waals surface area contributed by atoms with Crippen molar-refractivity contribution in [1.29, 1.82) is 0 Å². The molecule has 8 nitrogen and oxygen atoms in total. The molecule has 0 amide bonds. The van der Waals surface area contributed by atoms with Gasteiger partial charge in [-0.25, -0.2) is 4.98 Å². The first-order valence-electron chi connectivity index (χ1n) is 10.4. The van der Waals surface area contributed by atoms with Gasteiger partial charge in [-0.3, -0.25) is 0 Å². The summed E-state index contributed by atoms with van der Waals surface area (Å²) in [7, 11) is 2.10. The molecule has 1 aromatic carbocycles. The van der Waals surface area contributed by atoms with Crippen LogP contribution in [0.2, 0.25) is 0 Å². The van der Waals surface area contributed by atoms with Crippen molar-refractivity contribution in [3.8, 4) is 21.3 Å². The number of hydrogen-bond acceptors (Lipinski definition) is 7. The van der Waals surface area contributed by atoms with E-state index in [1.165, 1.54) is 16.9 Å². The second-order valence-corrected chi connectivity index (χ2v) is 9.91. The van der Waals surface area contributed by atoms with E-state index in [9.17, 15) is 0 Å². The number of thiazole rings is 1. The molecule has 0 bridgehead atoms. The van der Waals surface area contributed by atoms with Crippen LogP contribution in [0.15, 0.2) is 33.7 Å². The first-order chi connectivity index (χ1) is 14.7. The summed E-state index contributed by atoms with van der Waals surface area (Å²) in [6, 6.07) is 8.71. The van der Waals surface area contributed by atoms with Gasteiger partial charge in [0.05, 0.1) is 5.69 Å². The number of nitrogens with zero attached hydrogens (tertiary/aromatic N) is 6. The Balaban J connectivity index is 1.53. The van der Waals surface area contributed by atoms with Gasteiger partial charge in [-0.1, -0.05) is 50.1 Å². The molecule has 3 heterocycles. The number of guanidine groups is 1. The Morgan fingerprint density at radius 2 is 1.77 bits per heavy atom. The highest BCUT2D eigenvalue weighted by atomic mass is 32.1. The smallest absolute Gasteiger partial charge is 0.346 e. The van der Waals surface area contributed by atoms with Gasteiger partial charge in [0.25, 0.3) is 5.89 Å². The van der Waals surface area contributed by atoms with Crippen molar-refractivity contribution in [2.75, 3.05) is 33.2 Å². The molecular formula is C22H29N7OS. The third-order valence-electron chi connectivity index (χ3n) is 5.44. The zero-order chi connectivity index (χ0) is 22.2. The SMILES string of the molecule is Cc1nc(-c2ccc(C(C)(C)C)cc2)sc1-c1nnc(N=C(N)N2CCN(C)CC2)o1. The quantitative estimate of drug-likeness (QED) is 0.491. The zero-order valence-corrected chi connectivity index (χ0v) is 19.5. The number of likely N-dealkylation sites (N-methyl/N-ethyl adjacent to an activating group) is 1. The average Bonchev–Trinajstić information content (AvgIpc) is 3.34. The Morgan fingerprint density at radius 3 is 2.42 bits per heavy atom. The van der Waals surface area contributed by atoms with Gasteiger partial charge in [0, 0.05) is 31.7 Å². The van der Waals surface area contributed by atoms with Crippen LogP contribution < -0.4 is 5.73 Å². The molecule has 31 heavy (non-hydrogen) atoms. The normalized spacial score (nSPS) is 16.2. The Labute approximate surface area is 186 Å². The van der Waals surface area contributed by atoms with Crippen LogP contribution in [-0.2, 0) is 5.41 Å². The molecule has 9 heteroatoms. The lowest BCUT2D eigenvalue weighted by Crippen LogP contribution is -2.49. The Hall–Kier alpha value is -2.78. The summed E-state index contributed by atoms with van der Waals surface area (Å²) >= 11 is 1.54. The lowest BCUT2D eigenvalue weighted by molar-refractivity contribution is 0.214. The number of benzene rings is 1. The summed E-state index contributed by atoms with van der Waals surface area (Å²) in [5, 5.41) is 9.16. The average molecular weight is 440 g/mol. The minimum Gasteiger partial charge on any atom is -0.401 e. The molecule has 2 N–H and O–H groups in total. The van der Waals surface area contributed by atoms with E-state index in [2.05, 4.69) is 72.2 Å². The molecule has 0 atom stereocenters. The molecule has 2 aromatic heterocycles. The van der Waals surface area contributed by atoms with Crippen LogP contribution in [0.1, 0.15) is 32.0 Å². The molecule has 0 spiro atoms. The van der Waals surface area contributed by atoms with E-state index in [0.717, 1.165) is 47.3 Å². The Kier molecular flexibility index (Phi) is 5.81. The fraction of sp³-hybridized carbons (Fsp3) is 0.455. The zero-order valence-electron chi connectivity index (χ0n) is 18.7. The summed E-state index contributed by atoms with van der Waals surface area (Å²) in [4.78, 5) is 14.2. The molecular weight excluding hydrogens is 410 g/mol. The molecule has 1 aliphatic rings. The van der Waals surface area contributed by atoms with Crippen LogP contribution >= 0.6 is 11.3 Å². The van der Waals surface area contributed by atoms with Gasteiger partial charge in [0.15, 0.2) is 0 Å². The third kappa shape index (κ3) is 4.77. The lowest BCUT2D eigenvalue weighted by Gasteiger charge is -2.32. The summed E-state index contributed by atoms with van der Waals surface area (Å²) in [5.74, 6) is 0.821. The molecule has 0 unspecified atom stereocenters. The fourth-order valence-corrected chi connectivity index (χ4v) is 4.38. The number of nitrogens with two attached hydrogens (primary N) is 1. The molecule has 1 aliphatic heterocycles. The van der Waals surface area contributed by atoms with Crippen molar-refractivity contribution in [3.05, 3.63) is 35.5 Å². The van der Waals surface area contributed by atoms with E-state index in [-0.39, 0.29) is 11.4 Å². The number of hydrogen-bond donors (Lipinski definition) is 1. The highest BCUT2D eigenvalue weighted by Gasteiger charge is 2.20. The third-order valence-corrected chi connectivity index (χ3v) is 6.64. The molecule has 164 valence electrons. The van der Waals surface area contributed by atoms with E-state index < -0.39 is 0 Å². The second-order valence-electron chi connectivity index (χ2n) is 8.91. The fourth-order valence-electron chi connectivity index (χ4n) is 3.39. The summed E-state index contributed by atoms with van der Waals surface area (Å²) in [6.07, 6.45) is 0. The maximum Gasteiger partial charge on any atom is 0.346 e. The van der Waals surface area contributed by atoms with Crippen LogP contribution in [0.4, 0.5) is 6.01 Å². The highest BCUT2D eigenvalue weighted by Crippen LogP contribution is 2.36. The lowest BCUT2D eigenvalue weighted by atomic mass is 9.87. The summed E-state index contributed by atoms with van der Waals surface area (Å²) < 4.78 is 5.79. The van der Waals surface area contributed by atoms with Crippen molar-refractivity contribution in [2.24, 2.45) is 10.7 Å². The van der Waals surface area contributed by atoms with Crippen LogP contribution in [0, 0.1) is 6.92 Å². The largest absolute Gasteiger partial charge is 0.401 e. The van der Waals surface area contributed by atoms with E-state index in [1.807, 2.05) is 11.8 Å². The van der Waals surface area contributed by atoms with Crippen molar-refractivity contribution < 1.29 is 4.42 Å². The van der Waals surface area contributed by atoms with E-state index in [0.29, 0.717) is 11.9 Å². The number of aliphatic imine (C=N–C) groups is 1. The molecule has 0 aliphatic carbocycles. The van der Waals surface area contributed by atoms with Crippen LogP contribution in [-0.4, -0.2) is 64.2 Å². The Morgan fingerprint density at radius 1 is 1.10 bits per heavy atom. The highest BCUT2D eigenvalue weighted by molar-refractivity contribution is 7.18. The van der Waals surface area contributed by atoms with Crippen molar-refractivity contribution in [1.82, 2.24) is 25.0 Å². The van der Waals surface area contributed by atoms with Crippen molar-refractivity contribution in [2.45, 2.75) is 33.1 Å². The van der Waals surface area contributed by atoms with Crippen LogP contribution in [0.5, 0.6) is 0 Å². The van der Waals surface area contributed by atoms with E-state index in [1.54, 1.807) is 0 Å². The summed E-state index contributed by atoms with van der Waals surface area (Å²) in [6.45, 7) is 12.1.